The van der Waals surface area contributed by atoms with Crippen molar-refractivity contribution in [3.8, 4) is 0 Å². The van der Waals surface area contributed by atoms with E-state index in [1.807, 2.05) is 17.0 Å². The van der Waals surface area contributed by atoms with E-state index in [2.05, 4.69) is 30.1 Å². The van der Waals surface area contributed by atoms with Crippen LogP contribution in [0.3, 0.4) is 0 Å². The van der Waals surface area contributed by atoms with Crippen LogP contribution in [0.15, 0.2) is 18.2 Å². The molecule has 1 aromatic rings. The van der Waals surface area contributed by atoms with E-state index in [1.54, 1.807) is 0 Å². The summed E-state index contributed by atoms with van der Waals surface area (Å²) in [6.07, 6.45) is 6.16. The topological polar surface area (TPSA) is 52.7 Å². The molecule has 1 aromatic carbocycles. The van der Waals surface area contributed by atoms with Crippen molar-refractivity contribution in [3.05, 3.63) is 34.9 Å². The fraction of sp³-hybridized carbons (Fsp3) is 0.667. The summed E-state index contributed by atoms with van der Waals surface area (Å²) in [5.74, 6) is 1.55. The summed E-state index contributed by atoms with van der Waals surface area (Å²) in [7, 11) is 0. The number of carbonyl (C=O) groups is 2. The normalized spacial score (nSPS) is 26.6. The lowest BCUT2D eigenvalue weighted by Gasteiger charge is -2.46. The van der Waals surface area contributed by atoms with Crippen LogP contribution < -0.4 is 5.32 Å². The number of nitrogens with one attached hydrogen (secondary N) is 1. The second-order valence-electron chi connectivity index (χ2n) is 9.37. The van der Waals surface area contributed by atoms with Gasteiger partial charge in [0.25, 0.3) is 5.91 Å². The van der Waals surface area contributed by atoms with Gasteiger partial charge in [0.1, 0.15) is 0 Å². The minimum Gasteiger partial charge on any atom is -0.343 e. The highest BCUT2D eigenvalue weighted by molar-refractivity contribution is 5.94. The van der Waals surface area contributed by atoms with Crippen LogP contribution in [0.2, 0.25) is 0 Å². The Kier molecular flexibility index (Phi) is 6.23. The first kappa shape index (κ1) is 20.4. The molecule has 0 unspecified atom stereocenters. The summed E-state index contributed by atoms with van der Waals surface area (Å²) < 4.78 is 0. The molecular formula is C24H35N3O2. The standard InChI is InChI=1S/C24H35N3O2/c1-17-8-9-20(12-18(17)2)24(29)27-15-19-13-21(16-27)22(25-14-19)6-5-7-23(28)26-10-3-4-11-26/h8-9,12,19,21-22,25H,3-7,10-11,13-16H2,1-2H3/t19-,21+,22+/m0/s1. The molecule has 0 saturated carbocycles. The van der Waals surface area contributed by atoms with Gasteiger partial charge in [-0.1, -0.05) is 6.07 Å². The SMILES string of the molecule is Cc1ccc(C(=O)N2C[C@@H]3CN[C@H](CCCC(=O)N4CCCC4)[C@H](C3)C2)cc1C. The molecule has 2 amide bonds. The van der Waals surface area contributed by atoms with Crippen molar-refractivity contribution in [1.29, 1.82) is 0 Å². The minimum atomic E-state index is 0.174. The fourth-order valence-electron chi connectivity index (χ4n) is 5.33. The van der Waals surface area contributed by atoms with Gasteiger partial charge in [-0.2, -0.15) is 0 Å². The molecule has 3 heterocycles. The maximum absolute atomic E-state index is 13.1. The van der Waals surface area contributed by atoms with Gasteiger partial charge in [0.05, 0.1) is 0 Å². The van der Waals surface area contributed by atoms with Crippen molar-refractivity contribution < 1.29 is 9.59 Å². The van der Waals surface area contributed by atoms with Crippen LogP contribution in [0.1, 0.15) is 60.0 Å². The summed E-state index contributed by atoms with van der Waals surface area (Å²) in [6, 6.07) is 6.47. The van der Waals surface area contributed by atoms with E-state index in [0.29, 0.717) is 30.2 Å². The van der Waals surface area contributed by atoms with Crippen LogP contribution in [0.25, 0.3) is 0 Å². The van der Waals surface area contributed by atoms with Gasteiger partial charge in [-0.05, 0) is 87.6 Å². The Hall–Kier alpha value is -1.88. The maximum atomic E-state index is 13.1. The molecule has 0 spiro atoms. The molecule has 4 rings (SSSR count). The predicted molar refractivity (Wildman–Crippen MR) is 115 cm³/mol. The van der Waals surface area contributed by atoms with Crippen molar-refractivity contribution in [2.24, 2.45) is 11.8 Å². The zero-order valence-corrected chi connectivity index (χ0v) is 18.0. The fourth-order valence-corrected chi connectivity index (χ4v) is 5.33. The lowest BCUT2D eigenvalue weighted by atomic mass is 9.78. The second kappa shape index (κ2) is 8.86. The van der Waals surface area contributed by atoms with Gasteiger partial charge in [-0.15, -0.1) is 0 Å². The maximum Gasteiger partial charge on any atom is 0.253 e. The number of hydrogen-bond acceptors (Lipinski definition) is 3. The molecule has 2 bridgehead atoms. The lowest BCUT2D eigenvalue weighted by molar-refractivity contribution is -0.130. The number of amides is 2. The van der Waals surface area contributed by atoms with Gasteiger partial charge < -0.3 is 15.1 Å². The van der Waals surface area contributed by atoms with Gasteiger partial charge in [0.15, 0.2) is 0 Å². The Morgan fingerprint density at radius 3 is 2.62 bits per heavy atom. The van der Waals surface area contributed by atoms with Crippen LogP contribution in [0, 0.1) is 25.7 Å². The number of benzene rings is 1. The molecule has 0 radical (unpaired) electrons. The summed E-state index contributed by atoms with van der Waals surface area (Å²) in [4.78, 5) is 29.5. The molecule has 5 heteroatoms. The highest BCUT2D eigenvalue weighted by atomic mass is 16.2. The molecule has 0 aliphatic carbocycles. The largest absolute Gasteiger partial charge is 0.343 e. The molecule has 1 N–H and O–H groups in total. The number of fused-ring (bicyclic) bond motifs is 2. The van der Waals surface area contributed by atoms with Crippen molar-refractivity contribution in [2.45, 2.75) is 58.4 Å². The van der Waals surface area contributed by atoms with E-state index in [0.717, 1.165) is 64.0 Å². The number of hydrogen-bond donors (Lipinski definition) is 1. The van der Waals surface area contributed by atoms with Crippen LogP contribution in [0.4, 0.5) is 0 Å². The summed E-state index contributed by atoms with van der Waals surface area (Å²) >= 11 is 0. The van der Waals surface area contributed by atoms with Crippen LogP contribution in [-0.2, 0) is 4.79 Å². The summed E-state index contributed by atoms with van der Waals surface area (Å²) in [6.45, 7) is 8.72. The van der Waals surface area contributed by atoms with Gasteiger partial charge in [-0.25, -0.2) is 0 Å². The molecular weight excluding hydrogens is 362 g/mol. The van der Waals surface area contributed by atoms with Crippen molar-refractivity contribution >= 4 is 11.8 Å². The average molecular weight is 398 g/mol. The Balaban J connectivity index is 1.32. The van der Waals surface area contributed by atoms with Crippen molar-refractivity contribution in [2.75, 3.05) is 32.7 Å². The van der Waals surface area contributed by atoms with Gasteiger partial charge in [-0.3, -0.25) is 9.59 Å². The predicted octanol–water partition coefficient (Wildman–Crippen LogP) is 3.15. The Labute approximate surface area is 174 Å². The first-order valence-corrected chi connectivity index (χ1v) is 11.4. The van der Waals surface area contributed by atoms with Crippen LogP contribution in [0.5, 0.6) is 0 Å². The summed E-state index contributed by atoms with van der Waals surface area (Å²) in [5, 5.41) is 3.72. The first-order chi connectivity index (χ1) is 14.0. The molecule has 158 valence electrons. The molecule has 3 fully saturated rings. The van der Waals surface area contributed by atoms with E-state index >= 15 is 0 Å². The lowest BCUT2D eigenvalue weighted by Crippen LogP contribution is -2.57. The Bertz CT molecular complexity index is 756. The van der Waals surface area contributed by atoms with Gasteiger partial charge in [0.2, 0.25) is 5.91 Å². The van der Waals surface area contributed by atoms with E-state index < -0.39 is 0 Å². The molecule has 3 aliphatic heterocycles. The molecule has 3 aliphatic rings. The second-order valence-corrected chi connectivity index (χ2v) is 9.37. The highest BCUT2D eigenvalue weighted by Gasteiger charge is 2.38. The van der Waals surface area contributed by atoms with E-state index in [1.165, 1.54) is 17.5 Å². The number of carbonyl (C=O) groups excluding carboxylic acids is 2. The van der Waals surface area contributed by atoms with Gasteiger partial charge in [0, 0.05) is 44.2 Å². The quantitative estimate of drug-likeness (QED) is 0.830. The average Bonchev–Trinajstić information content (AvgIpc) is 3.26. The van der Waals surface area contributed by atoms with E-state index in [9.17, 15) is 9.59 Å². The Morgan fingerprint density at radius 1 is 1.07 bits per heavy atom. The number of likely N-dealkylation sites (tertiary alicyclic amines) is 2. The molecule has 0 aromatic heterocycles. The molecule has 3 atom stereocenters. The van der Waals surface area contributed by atoms with Crippen molar-refractivity contribution in [1.82, 2.24) is 15.1 Å². The molecule has 29 heavy (non-hydrogen) atoms. The first-order valence-electron chi connectivity index (χ1n) is 11.4. The third-order valence-corrected chi connectivity index (χ3v) is 7.21. The Morgan fingerprint density at radius 2 is 1.86 bits per heavy atom. The van der Waals surface area contributed by atoms with E-state index in [-0.39, 0.29) is 5.91 Å². The highest BCUT2D eigenvalue weighted by Crippen LogP contribution is 2.31. The number of rotatable bonds is 5. The smallest absolute Gasteiger partial charge is 0.253 e. The number of nitrogens with zero attached hydrogens (tertiary/aromatic N) is 2. The molecule has 3 saturated heterocycles. The third kappa shape index (κ3) is 4.66. The van der Waals surface area contributed by atoms with Crippen LogP contribution in [-0.4, -0.2) is 60.4 Å². The van der Waals surface area contributed by atoms with Gasteiger partial charge >= 0.3 is 0 Å². The zero-order valence-electron chi connectivity index (χ0n) is 18.0. The zero-order chi connectivity index (χ0) is 20.4. The number of piperidine rings is 2. The minimum absolute atomic E-state index is 0.174. The third-order valence-electron chi connectivity index (χ3n) is 7.21. The summed E-state index contributed by atoms with van der Waals surface area (Å²) in [5.41, 5.74) is 3.22. The number of aryl methyl sites for hydroxylation is 2. The van der Waals surface area contributed by atoms with Crippen LogP contribution >= 0.6 is 0 Å². The van der Waals surface area contributed by atoms with E-state index in [4.69, 9.17) is 0 Å². The molecule has 5 nitrogen and oxygen atoms in total. The van der Waals surface area contributed by atoms with Crippen molar-refractivity contribution in [3.63, 3.8) is 0 Å². The monoisotopic (exact) mass is 397 g/mol.